The summed E-state index contributed by atoms with van der Waals surface area (Å²) in [6.07, 6.45) is 1.76. The van der Waals surface area contributed by atoms with Crippen LogP contribution in [0, 0.1) is 0 Å². The zero-order valence-corrected chi connectivity index (χ0v) is 12.3. The normalized spacial score (nSPS) is 16.8. The molecule has 1 heterocycles. The zero-order chi connectivity index (χ0) is 13.9. The molecule has 0 bridgehead atoms. The van der Waals surface area contributed by atoms with Crippen molar-refractivity contribution in [1.29, 1.82) is 0 Å². The first-order chi connectivity index (χ1) is 9.78. The molecule has 0 saturated carbocycles. The first kappa shape index (κ1) is 13.5. The Hall–Kier alpha value is -1.45. The molecule has 0 aromatic heterocycles. The van der Waals surface area contributed by atoms with Crippen molar-refractivity contribution in [3.63, 3.8) is 0 Å². The van der Waals surface area contributed by atoms with E-state index in [-0.39, 0.29) is 0 Å². The maximum atomic E-state index is 11.0. The second-order valence-electron chi connectivity index (χ2n) is 4.64. The molecular formula is C16H13ClO2S. The first-order valence-corrected chi connectivity index (χ1v) is 7.65. The van der Waals surface area contributed by atoms with E-state index in [1.807, 2.05) is 17.8 Å². The van der Waals surface area contributed by atoms with Crippen molar-refractivity contribution in [2.75, 3.05) is 6.61 Å². The van der Waals surface area contributed by atoms with Gasteiger partial charge in [-0.2, -0.15) is 0 Å². The Kier molecular flexibility index (Phi) is 3.99. The Morgan fingerprint density at radius 3 is 2.90 bits per heavy atom. The highest BCUT2D eigenvalue weighted by Gasteiger charge is 2.23. The number of benzene rings is 2. The number of carbonyl (C=O) groups excluding carboxylic acids is 1. The monoisotopic (exact) mass is 304 g/mol. The number of ether oxygens (including phenoxy) is 1. The SMILES string of the molecule is O=Cc1cccc(Cl)c1OCC1Cc2ccccc2S1. The fraction of sp³-hybridized carbons (Fsp3) is 0.188. The van der Waals surface area contributed by atoms with Gasteiger partial charge in [0.05, 0.1) is 10.6 Å². The quantitative estimate of drug-likeness (QED) is 0.790. The Bertz CT molecular complexity index is 617. The third-order valence-electron chi connectivity index (χ3n) is 3.25. The number of aldehydes is 1. The molecule has 0 spiro atoms. The topological polar surface area (TPSA) is 26.3 Å². The van der Waals surface area contributed by atoms with Gasteiger partial charge in [-0.25, -0.2) is 0 Å². The van der Waals surface area contributed by atoms with Crippen LogP contribution in [0.15, 0.2) is 47.4 Å². The van der Waals surface area contributed by atoms with E-state index >= 15 is 0 Å². The van der Waals surface area contributed by atoms with Crippen LogP contribution in [-0.4, -0.2) is 18.1 Å². The molecule has 1 aliphatic heterocycles. The van der Waals surface area contributed by atoms with Crippen molar-refractivity contribution in [3.05, 3.63) is 58.6 Å². The van der Waals surface area contributed by atoms with E-state index in [9.17, 15) is 4.79 Å². The van der Waals surface area contributed by atoms with E-state index in [1.54, 1.807) is 18.2 Å². The average molecular weight is 305 g/mol. The van der Waals surface area contributed by atoms with E-state index in [1.165, 1.54) is 10.5 Å². The third kappa shape index (κ3) is 2.69. The van der Waals surface area contributed by atoms with Gasteiger partial charge in [-0.05, 0) is 30.2 Å². The summed E-state index contributed by atoms with van der Waals surface area (Å²) >= 11 is 7.91. The lowest BCUT2D eigenvalue weighted by atomic mass is 10.1. The van der Waals surface area contributed by atoms with Crippen LogP contribution in [0.3, 0.4) is 0 Å². The minimum Gasteiger partial charge on any atom is -0.490 e. The summed E-state index contributed by atoms with van der Waals surface area (Å²) in [7, 11) is 0. The molecule has 2 aromatic rings. The van der Waals surface area contributed by atoms with Crippen LogP contribution >= 0.6 is 23.4 Å². The van der Waals surface area contributed by atoms with Crippen LogP contribution in [0.2, 0.25) is 5.02 Å². The summed E-state index contributed by atoms with van der Waals surface area (Å²) in [5.41, 5.74) is 1.86. The second-order valence-corrected chi connectivity index (χ2v) is 6.39. The van der Waals surface area contributed by atoms with Gasteiger partial charge in [-0.15, -0.1) is 11.8 Å². The van der Waals surface area contributed by atoms with E-state index in [0.29, 0.717) is 28.2 Å². The molecule has 0 radical (unpaired) electrons. The molecule has 1 aliphatic rings. The number of hydrogen-bond acceptors (Lipinski definition) is 3. The van der Waals surface area contributed by atoms with Gasteiger partial charge in [0.25, 0.3) is 0 Å². The highest BCUT2D eigenvalue weighted by molar-refractivity contribution is 8.00. The minimum absolute atomic E-state index is 0.364. The molecule has 4 heteroatoms. The third-order valence-corrected chi connectivity index (χ3v) is 4.84. The fourth-order valence-corrected chi connectivity index (χ4v) is 3.75. The highest BCUT2D eigenvalue weighted by atomic mass is 35.5. The smallest absolute Gasteiger partial charge is 0.153 e. The minimum atomic E-state index is 0.364. The van der Waals surface area contributed by atoms with Crippen LogP contribution in [0.5, 0.6) is 5.75 Å². The summed E-state index contributed by atoms with van der Waals surface area (Å²) in [5.74, 6) is 0.487. The van der Waals surface area contributed by atoms with Crippen LogP contribution in [0.4, 0.5) is 0 Å². The number of rotatable bonds is 4. The number of halogens is 1. The number of para-hydroxylation sites is 1. The molecule has 0 N–H and O–H groups in total. The van der Waals surface area contributed by atoms with Gasteiger partial charge >= 0.3 is 0 Å². The van der Waals surface area contributed by atoms with Gasteiger partial charge in [0, 0.05) is 10.1 Å². The van der Waals surface area contributed by atoms with Gasteiger partial charge in [-0.1, -0.05) is 35.9 Å². The van der Waals surface area contributed by atoms with Crippen LogP contribution in [-0.2, 0) is 6.42 Å². The summed E-state index contributed by atoms with van der Waals surface area (Å²) in [6, 6.07) is 13.6. The largest absolute Gasteiger partial charge is 0.490 e. The molecule has 1 unspecified atom stereocenters. The molecule has 2 nitrogen and oxygen atoms in total. The van der Waals surface area contributed by atoms with E-state index in [0.717, 1.165) is 12.7 Å². The summed E-state index contributed by atoms with van der Waals surface area (Å²) in [6.45, 7) is 0.546. The fourth-order valence-electron chi connectivity index (χ4n) is 2.29. The molecule has 2 aromatic carbocycles. The lowest BCUT2D eigenvalue weighted by Gasteiger charge is -2.13. The number of thioether (sulfide) groups is 1. The van der Waals surface area contributed by atoms with Crippen molar-refractivity contribution in [2.45, 2.75) is 16.6 Å². The van der Waals surface area contributed by atoms with Crippen LogP contribution in [0.1, 0.15) is 15.9 Å². The predicted octanol–water partition coefficient (Wildman–Crippen LogP) is 4.25. The van der Waals surface area contributed by atoms with Crippen LogP contribution in [0.25, 0.3) is 0 Å². The molecular weight excluding hydrogens is 292 g/mol. The molecule has 0 amide bonds. The summed E-state index contributed by atoms with van der Waals surface area (Å²) in [4.78, 5) is 12.3. The molecule has 0 saturated heterocycles. The highest BCUT2D eigenvalue weighted by Crippen LogP contribution is 2.37. The summed E-state index contributed by atoms with van der Waals surface area (Å²) < 4.78 is 5.79. The van der Waals surface area contributed by atoms with Crippen molar-refractivity contribution >= 4 is 29.6 Å². The molecule has 0 fully saturated rings. The second kappa shape index (κ2) is 5.90. The number of carbonyl (C=O) groups is 1. The van der Waals surface area contributed by atoms with Gasteiger partial charge in [0.15, 0.2) is 6.29 Å². The Morgan fingerprint density at radius 1 is 1.25 bits per heavy atom. The zero-order valence-electron chi connectivity index (χ0n) is 10.7. The number of fused-ring (bicyclic) bond motifs is 1. The van der Waals surface area contributed by atoms with Crippen molar-refractivity contribution in [2.24, 2.45) is 0 Å². The lowest BCUT2D eigenvalue weighted by molar-refractivity contribution is 0.111. The Morgan fingerprint density at radius 2 is 2.10 bits per heavy atom. The summed E-state index contributed by atoms with van der Waals surface area (Å²) in [5, 5.41) is 0.846. The lowest BCUT2D eigenvalue weighted by Crippen LogP contribution is -2.14. The molecule has 0 aliphatic carbocycles. The Balaban J connectivity index is 1.69. The van der Waals surface area contributed by atoms with Crippen molar-refractivity contribution in [3.8, 4) is 5.75 Å². The molecule has 102 valence electrons. The van der Waals surface area contributed by atoms with E-state index < -0.39 is 0 Å². The maximum absolute atomic E-state index is 11.0. The Labute approximate surface area is 127 Å². The van der Waals surface area contributed by atoms with Crippen molar-refractivity contribution < 1.29 is 9.53 Å². The predicted molar refractivity (Wildman–Crippen MR) is 82.1 cm³/mol. The number of hydrogen-bond donors (Lipinski definition) is 0. The van der Waals surface area contributed by atoms with Crippen molar-refractivity contribution in [1.82, 2.24) is 0 Å². The van der Waals surface area contributed by atoms with E-state index in [2.05, 4.69) is 18.2 Å². The molecule has 3 rings (SSSR count). The first-order valence-electron chi connectivity index (χ1n) is 6.39. The van der Waals surface area contributed by atoms with Crippen LogP contribution < -0.4 is 4.74 Å². The molecule has 1 atom stereocenters. The van der Waals surface area contributed by atoms with Gasteiger partial charge < -0.3 is 4.74 Å². The van der Waals surface area contributed by atoms with E-state index in [4.69, 9.17) is 16.3 Å². The van der Waals surface area contributed by atoms with Gasteiger partial charge in [-0.3, -0.25) is 4.79 Å². The standard InChI is InChI=1S/C16H13ClO2S/c17-14-6-3-5-12(9-18)16(14)19-10-13-8-11-4-1-2-7-15(11)20-13/h1-7,9,13H,8,10H2. The van der Waals surface area contributed by atoms with Gasteiger partial charge in [0.1, 0.15) is 12.4 Å². The maximum Gasteiger partial charge on any atom is 0.153 e. The average Bonchev–Trinajstić information content (AvgIpc) is 2.88. The van der Waals surface area contributed by atoms with Gasteiger partial charge in [0.2, 0.25) is 0 Å². The molecule has 20 heavy (non-hydrogen) atoms.